The molecule has 1 aromatic carbocycles. The number of carbonyl (C=O) groups is 1. The molecule has 3 heterocycles. The lowest BCUT2D eigenvalue weighted by Crippen LogP contribution is -2.28. The summed E-state index contributed by atoms with van der Waals surface area (Å²) in [5.74, 6) is 0.851. The fraction of sp³-hybridized carbons (Fsp3) is 0.190. The lowest BCUT2D eigenvalue weighted by molar-refractivity contribution is -0.121. The first-order valence-electron chi connectivity index (χ1n) is 9.07. The lowest BCUT2D eigenvalue weighted by Gasteiger charge is -2.11. The van der Waals surface area contributed by atoms with E-state index < -0.39 is 0 Å². The number of hydrogen-bond donors (Lipinski definition) is 1. The van der Waals surface area contributed by atoms with Crippen LogP contribution >= 0.6 is 22.9 Å². The molecule has 0 atom stereocenters. The minimum absolute atomic E-state index is 0.0944. The summed E-state index contributed by atoms with van der Waals surface area (Å²) in [6, 6.07) is 13.3. The number of nitrogens with one attached hydrogen (secondary N) is 1. The van der Waals surface area contributed by atoms with Crippen molar-refractivity contribution in [3.8, 4) is 22.2 Å². The third-order valence-corrected chi connectivity index (χ3v) is 5.92. The van der Waals surface area contributed by atoms with E-state index in [1.807, 2.05) is 66.3 Å². The molecule has 0 fully saturated rings. The molecule has 0 radical (unpaired) electrons. The smallest absolute Gasteiger partial charge is 0.258 e. The van der Waals surface area contributed by atoms with Gasteiger partial charge in [0.2, 0.25) is 11.8 Å². The van der Waals surface area contributed by atoms with Gasteiger partial charge in [0.1, 0.15) is 6.54 Å². The van der Waals surface area contributed by atoms with Crippen molar-refractivity contribution in [2.45, 2.75) is 26.9 Å². The molecule has 8 heteroatoms. The maximum absolute atomic E-state index is 12.5. The number of halogens is 1. The Kier molecular flexibility index (Phi) is 5.51. The largest absolute Gasteiger partial charge is 0.415 e. The van der Waals surface area contributed by atoms with Crippen LogP contribution in [-0.4, -0.2) is 20.7 Å². The van der Waals surface area contributed by atoms with Gasteiger partial charge in [0.05, 0.1) is 10.4 Å². The van der Waals surface area contributed by atoms with E-state index in [-0.39, 0.29) is 12.5 Å². The van der Waals surface area contributed by atoms with Gasteiger partial charge in [-0.25, -0.2) is 0 Å². The standard InChI is InChI=1S/C21H19ClN4O2S/c1-13-10-16(20-24-25-21(28-20)18-8-5-9-29-18)14(2)26(13)12-19(27)23-11-15-6-3-4-7-17(15)22/h3-10H,11-12H2,1-2H3,(H,23,27). The third kappa shape index (κ3) is 4.11. The maximum atomic E-state index is 12.5. The number of amides is 1. The average Bonchev–Trinajstić information content (AvgIpc) is 3.44. The molecule has 1 amide bonds. The zero-order valence-corrected chi connectivity index (χ0v) is 17.5. The van der Waals surface area contributed by atoms with Crippen LogP contribution in [0.5, 0.6) is 0 Å². The van der Waals surface area contributed by atoms with Crippen LogP contribution in [0.2, 0.25) is 5.02 Å². The van der Waals surface area contributed by atoms with Crippen LogP contribution in [0.4, 0.5) is 0 Å². The molecule has 0 aliphatic carbocycles. The number of aryl methyl sites for hydroxylation is 1. The average molecular weight is 427 g/mol. The first-order chi connectivity index (χ1) is 14.0. The fourth-order valence-corrected chi connectivity index (χ4v) is 3.97. The quantitative estimate of drug-likeness (QED) is 0.478. The summed E-state index contributed by atoms with van der Waals surface area (Å²) in [5.41, 5.74) is 3.56. The van der Waals surface area contributed by atoms with Gasteiger partial charge in [-0.2, -0.15) is 0 Å². The number of thiophene rings is 1. The van der Waals surface area contributed by atoms with Crippen molar-refractivity contribution >= 4 is 28.8 Å². The zero-order valence-electron chi connectivity index (χ0n) is 16.0. The monoisotopic (exact) mass is 426 g/mol. The molecule has 0 saturated carbocycles. The number of hydrogen-bond acceptors (Lipinski definition) is 5. The van der Waals surface area contributed by atoms with Gasteiger partial charge < -0.3 is 14.3 Å². The van der Waals surface area contributed by atoms with Gasteiger partial charge >= 0.3 is 0 Å². The topological polar surface area (TPSA) is 73.0 Å². The predicted molar refractivity (Wildman–Crippen MR) is 114 cm³/mol. The summed E-state index contributed by atoms with van der Waals surface area (Å²) in [4.78, 5) is 13.4. The summed E-state index contributed by atoms with van der Waals surface area (Å²) in [5, 5.41) is 13.8. The second-order valence-corrected chi connectivity index (χ2v) is 7.98. The third-order valence-electron chi connectivity index (χ3n) is 4.70. The molecule has 1 N–H and O–H groups in total. The molecule has 0 spiro atoms. The van der Waals surface area contributed by atoms with Gasteiger partial charge in [-0.05, 0) is 43.0 Å². The van der Waals surface area contributed by atoms with Crippen LogP contribution in [0.1, 0.15) is 17.0 Å². The number of rotatable bonds is 6. The van der Waals surface area contributed by atoms with Gasteiger partial charge in [-0.1, -0.05) is 35.9 Å². The highest BCUT2D eigenvalue weighted by molar-refractivity contribution is 7.13. The Morgan fingerprint density at radius 3 is 2.72 bits per heavy atom. The summed E-state index contributed by atoms with van der Waals surface area (Å²) in [7, 11) is 0. The van der Waals surface area contributed by atoms with Crippen LogP contribution in [0, 0.1) is 13.8 Å². The molecule has 6 nitrogen and oxygen atoms in total. The van der Waals surface area contributed by atoms with Gasteiger partial charge in [-0.15, -0.1) is 21.5 Å². The van der Waals surface area contributed by atoms with Crippen LogP contribution in [0.25, 0.3) is 22.2 Å². The molecule has 148 valence electrons. The molecular weight excluding hydrogens is 408 g/mol. The molecule has 0 aliphatic rings. The molecule has 0 unspecified atom stereocenters. The molecule has 0 aliphatic heterocycles. The molecule has 4 aromatic rings. The Morgan fingerprint density at radius 2 is 1.97 bits per heavy atom. The number of benzene rings is 1. The Hall–Kier alpha value is -2.90. The first-order valence-corrected chi connectivity index (χ1v) is 10.3. The fourth-order valence-electron chi connectivity index (χ4n) is 3.13. The van der Waals surface area contributed by atoms with E-state index >= 15 is 0 Å². The SMILES string of the molecule is Cc1cc(-c2nnc(-c3cccs3)o2)c(C)n1CC(=O)NCc1ccccc1Cl. The van der Waals surface area contributed by atoms with Gasteiger partial charge in [0, 0.05) is 23.0 Å². The molecule has 3 aromatic heterocycles. The molecule has 0 saturated heterocycles. The van der Waals surface area contributed by atoms with Crippen molar-refractivity contribution in [1.82, 2.24) is 20.1 Å². The highest BCUT2D eigenvalue weighted by atomic mass is 35.5. The predicted octanol–water partition coefficient (Wildman–Crippen LogP) is 4.85. The van der Waals surface area contributed by atoms with E-state index in [4.69, 9.17) is 16.0 Å². The van der Waals surface area contributed by atoms with Crippen molar-refractivity contribution in [1.29, 1.82) is 0 Å². The highest BCUT2D eigenvalue weighted by Gasteiger charge is 2.18. The number of nitrogens with zero attached hydrogens (tertiary/aromatic N) is 3. The second kappa shape index (κ2) is 8.23. The van der Waals surface area contributed by atoms with Crippen molar-refractivity contribution in [2.75, 3.05) is 0 Å². The number of aromatic nitrogens is 3. The van der Waals surface area contributed by atoms with Gasteiger partial charge in [0.15, 0.2) is 0 Å². The molecule has 0 bridgehead atoms. The Labute approximate surface area is 177 Å². The van der Waals surface area contributed by atoms with E-state index in [2.05, 4.69) is 15.5 Å². The Morgan fingerprint density at radius 1 is 1.17 bits per heavy atom. The minimum atomic E-state index is -0.0944. The van der Waals surface area contributed by atoms with Gasteiger partial charge in [-0.3, -0.25) is 4.79 Å². The van der Waals surface area contributed by atoms with Crippen LogP contribution in [0.3, 0.4) is 0 Å². The molecule has 29 heavy (non-hydrogen) atoms. The molecular formula is C21H19ClN4O2S. The lowest BCUT2D eigenvalue weighted by atomic mass is 10.2. The van der Waals surface area contributed by atoms with Crippen molar-refractivity contribution in [3.63, 3.8) is 0 Å². The summed E-state index contributed by atoms with van der Waals surface area (Å²) in [6.45, 7) is 4.49. The van der Waals surface area contributed by atoms with Crippen LogP contribution in [0.15, 0.2) is 52.3 Å². The normalized spacial score (nSPS) is 11.0. The second-order valence-electron chi connectivity index (χ2n) is 6.63. The maximum Gasteiger partial charge on any atom is 0.258 e. The van der Waals surface area contributed by atoms with E-state index in [1.165, 1.54) is 0 Å². The summed E-state index contributed by atoms with van der Waals surface area (Å²) in [6.07, 6.45) is 0. The van der Waals surface area contributed by atoms with Crippen molar-refractivity contribution in [2.24, 2.45) is 0 Å². The minimum Gasteiger partial charge on any atom is -0.415 e. The van der Waals surface area contributed by atoms with E-state index in [9.17, 15) is 4.79 Å². The van der Waals surface area contributed by atoms with E-state index in [0.29, 0.717) is 23.3 Å². The highest BCUT2D eigenvalue weighted by Crippen LogP contribution is 2.30. The van der Waals surface area contributed by atoms with Crippen LogP contribution < -0.4 is 5.32 Å². The van der Waals surface area contributed by atoms with E-state index in [1.54, 1.807) is 11.3 Å². The number of carbonyl (C=O) groups excluding carboxylic acids is 1. The van der Waals surface area contributed by atoms with Crippen molar-refractivity contribution in [3.05, 3.63) is 69.8 Å². The summed E-state index contributed by atoms with van der Waals surface area (Å²) >= 11 is 7.70. The summed E-state index contributed by atoms with van der Waals surface area (Å²) < 4.78 is 7.78. The zero-order chi connectivity index (χ0) is 20.4. The Balaban J connectivity index is 1.49. The van der Waals surface area contributed by atoms with Crippen molar-refractivity contribution < 1.29 is 9.21 Å². The van der Waals surface area contributed by atoms with Crippen LogP contribution in [-0.2, 0) is 17.9 Å². The Bertz CT molecular complexity index is 1150. The van der Waals surface area contributed by atoms with E-state index in [0.717, 1.165) is 27.4 Å². The van der Waals surface area contributed by atoms with Gasteiger partial charge in [0.25, 0.3) is 5.89 Å². The molecule has 4 rings (SSSR count). The first kappa shape index (κ1) is 19.4.